The van der Waals surface area contributed by atoms with Crippen LogP contribution in [-0.4, -0.2) is 20.8 Å². The van der Waals surface area contributed by atoms with Gasteiger partial charge in [-0.3, -0.25) is 14.8 Å². The van der Waals surface area contributed by atoms with Crippen LogP contribution in [0.5, 0.6) is 0 Å². The lowest BCUT2D eigenvalue weighted by molar-refractivity contribution is 0.0762. The maximum absolute atomic E-state index is 12.5. The number of nitrogens with zero attached hydrogens (tertiary/aromatic N) is 3. The normalized spacial score (nSPS) is 12.4. The summed E-state index contributed by atoms with van der Waals surface area (Å²) >= 11 is 0. The number of rotatable bonds is 3. The fourth-order valence-electron chi connectivity index (χ4n) is 3.12. The summed E-state index contributed by atoms with van der Waals surface area (Å²) in [6.45, 7) is 7.33. The molecule has 3 aromatic rings. The highest BCUT2D eigenvalue weighted by molar-refractivity contribution is 5.96. The van der Waals surface area contributed by atoms with Gasteiger partial charge in [0, 0.05) is 37.2 Å². The third kappa shape index (κ3) is 3.49. The maximum atomic E-state index is 12.5. The summed E-state index contributed by atoms with van der Waals surface area (Å²) in [6.07, 6.45) is 5.27. The van der Waals surface area contributed by atoms with Gasteiger partial charge in [0.25, 0.3) is 5.91 Å². The van der Waals surface area contributed by atoms with Gasteiger partial charge in [0.1, 0.15) is 5.69 Å². The molecule has 1 amide bonds. The molecule has 1 aliphatic heterocycles. The lowest BCUT2D eigenvalue weighted by atomic mass is 10.0. The molecule has 0 fully saturated rings. The van der Waals surface area contributed by atoms with Crippen LogP contribution >= 0.6 is 0 Å². The van der Waals surface area contributed by atoms with Crippen LogP contribution in [0.3, 0.4) is 0 Å². The number of aromatic nitrogens is 2. The van der Waals surface area contributed by atoms with E-state index < -0.39 is 0 Å². The third-order valence-electron chi connectivity index (χ3n) is 4.46. The minimum absolute atomic E-state index is 0.0169. The SMILES string of the molecule is CC.Cc1cc(-c2ccncc2)ccc1CN1Cc2cccnc2C1=O. The Morgan fingerprint density at radius 2 is 1.77 bits per heavy atom. The number of carbonyl (C=O) groups is 1. The van der Waals surface area contributed by atoms with Crippen LogP contribution in [-0.2, 0) is 13.1 Å². The first kappa shape index (κ1) is 17.8. The number of carbonyl (C=O) groups excluding carboxylic acids is 1. The van der Waals surface area contributed by atoms with Crippen LogP contribution < -0.4 is 0 Å². The molecular weight excluding hydrogens is 322 g/mol. The first-order chi connectivity index (χ1) is 12.7. The Kier molecular flexibility index (Phi) is 5.42. The quantitative estimate of drug-likeness (QED) is 0.695. The standard InChI is InChI=1S/C20H17N3O.C2H6/c1-14-11-16(15-6-9-21-10-7-15)4-5-17(14)12-23-13-18-3-2-8-22-19(18)20(23)24;1-2/h2-11H,12-13H2,1H3;1-2H3. The minimum atomic E-state index is 0.0169. The predicted molar refractivity (Wildman–Crippen MR) is 104 cm³/mol. The Morgan fingerprint density at radius 1 is 1.00 bits per heavy atom. The van der Waals surface area contributed by atoms with Crippen molar-refractivity contribution in [1.29, 1.82) is 0 Å². The number of amides is 1. The summed E-state index contributed by atoms with van der Waals surface area (Å²) < 4.78 is 0. The molecule has 3 heterocycles. The van der Waals surface area contributed by atoms with Gasteiger partial charge in [-0.2, -0.15) is 0 Å². The van der Waals surface area contributed by atoms with Crippen molar-refractivity contribution in [2.45, 2.75) is 33.9 Å². The van der Waals surface area contributed by atoms with E-state index in [9.17, 15) is 4.79 Å². The first-order valence-electron chi connectivity index (χ1n) is 8.95. The van der Waals surface area contributed by atoms with Gasteiger partial charge >= 0.3 is 0 Å². The van der Waals surface area contributed by atoms with E-state index in [0.717, 1.165) is 22.3 Å². The number of pyridine rings is 2. The average Bonchev–Trinajstić information content (AvgIpc) is 3.01. The topological polar surface area (TPSA) is 46.1 Å². The van der Waals surface area contributed by atoms with Crippen molar-refractivity contribution in [2.24, 2.45) is 0 Å². The summed E-state index contributed by atoms with van der Waals surface area (Å²) in [5.41, 5.74) is 6.25. The molecule has 0 aliphatic carbocycles. The summed E-state index contributed by atoms with van der Waals surface area (Å²) in [7, 11) is 0. The van der Waals surface area contributed by atoms with Gasteiger partial charge < -0.3 is 4.90 Å². The lowest BCUT2D eigenvalue weighted by Crippen LogP contribution is -2.24. The van der Waals surface area contributed by atoms with E-state index in [2.05, 4.69) is 35.1 Å². The zero-order chi connectivity index (χ0) is 18.5. The number of aryl methyl sites for hydroxylation is 1. The van der Waals surface area contributed by atoms with Gasteiger partial charge in [-0.15, -0.1) is 0 Å². The van der Waals surface area contributed by atoms with Crippen LogP contribution in [0.15, 0.2) is 61.1 Å². The molecule has 1 aromatic carbocycles. The maximum Gasteiger partial charge on any atom is 0.273 e. The molecule has 4 nitrogen and oxygen atoms in total. The van der Waals surface area contributed by atoms with E-state index in [0.29, 0.717) is 18.8 Å². The smallest absolute Gasteiger partial charge is 0.273 e. The van der Waals surface area contributed by atoms with E-state index in [-0.39, 0.29) is 5.91 Å². The largest absolute Gasteiger partial charge is 0.329 e. The average molecular weight is 345 g/mol. The molecule has 0 saturated carbocycles. The second-order valence-electron chi connectivity index (χ2n) is 6.05. The van der Waals surface area contributed by atoms with Gasteiger partial charge in [0.15, 0.2) is 0 Å². The number of fused-ring (bicyclic) bond motifs is 1. The zero-order valence-corrected chi connectivity index (χ0v) is 15.4. The van der Waals surface area contributed by atoms with Crippen molar-refractivity contribution in [3.8, 4) is 11.1 Å². The molecular formula is C22H23N3O. The second kappa shape index (κ2) is 7.91. The van der Waals surface area contributed by atoms with E-state index in [1.165, 1.54) is 5.56 Å². The Morgan fingerprint density at radius 3 is 2.46 bits per heavy atom. The molecule has 2 aromatic heterocycles. The van der Waals surface area contributed by atoms with Crippen molar-refractivity contribution in [3.63, 3.8) is 0 Å². The third-order valence-corrected chi connectivity index (χ3v) is 4.46. The van der Waals surface area contributed by atoms with E-state index in [1.807, 2.05) is 43.0 Å². The highest BCUT2D eigenvalue weighted by atomic mass is 16.2. The van der Waals surface area contributed by atoms with Gasteiger partial charge in [-0.25, -0.2) is 0 Å². The monoisotopic (exact) mass is 345 g/mol. The van der Waals surface area contributed by atoms with Crippen molar-refractivity contribution in [2.75, 3.05) is 0 Å². The predicted octanol–water partition coefficient (Wildman–Crippen LogP) is 4.63. The van der Waals surface area contributed by atoms with Crippen LogP contribution in [0.4, 0.5) is 0 Å². The van der Waals surface area contributed by atoms with E-state index in [4.69, 9.17) is 0 Å². The Hall–Kier alpha value is -3.01. The van der Waals surface area contributed by atoms with Gasteiger partial charge in [0.2, 0.25) is 0 Å². The Labute approximate surface area is 154 Å². The molecule has 0 spiro atoms. The van der Waals surface area contributed by atoms with Gasteiger partial charge in [-0.1, -0.05) is 38.1 Å². The molecule has 26 heavy (non-hydrogen) atoms. The molecule has 0 radical (unpaired) electrons. The number of benzene rings is 1. The fraction of sp³-hybridized carbons (Fsp3) is 0.227. The lowest BCUT2D eigenvalue weighted by Gasteiger charge is -2.17. The van der Waals surface area contributed by atoms with E-state index >= 15 is 0 Å². The fourth-order valence-corrected chi connectivity index (χ4v) is 3.12. The summed E-state index contributed by atoms with van der Waals surface area (Å²) in [6, 6.07) is 14.2. The van der Waals surface area contributed by atoms with Crippen LogP contribution in [0.25, 0.3) is 11.1 Å². The molecule has 0 atom stereocenters. The molecule has 1 aliphatic rings. The molecule has 4 rings (SSSR count). The van der Waals surface area contributed by atoms with Crippen LogP contribution in [0.2, 0.25) is 0 Å². The molecule has 0 saturated heterocycles. The van der Waals surface area contributed by atoms with Crippen molar-refractivity contribution >= 4 is 5.91 Å². The Balaban J connectivity index is 0.000000948. The summed E-state index contributed by atoms with van der Waals surface area (Å²) in [5, 5.41) is 0. The molecule has 0 N–H and O–H groups in total. The molecule has 132 valence electrons. The van der Waals surface area contributed by atoms with Gasteiger partial charge in [-0.05, 0) is 47.4 Å². The van der Waals surface area contributed by atoms with Crippen molar-refractivity contribution in [1.82, 2.24) is 14.9 Å². The Bertz CT molecular complexity index is 906. The molecule has 4 heteroatoms. The van der Waals surface area contributed by atoms with E-state index in [1.54, 1.807) is 18.6 Å². The molecule has 0 bridgehead atoms. The highest BCUT2D eigenvalue weighted by Gasteiger charge is 2.28. The zero-order valence-electron chi connectivity index (χ0n) is 15.4. The second-order valence-corrected chi connectivity index (χ2v) is 6.05. The molecule has 0 unspecified atom stereocenters. The van der Waals surface area contributed by atoms with Crippen LogP contribution in [0, 0.1) is 6.92 Å². The van der Waals surface area contributed by atoms with Crippen LogP contribution in [0.1, 0.15) is 41.0 Å². The number of hydrogen-bond acceptors (Lipinski definition) is 3. The van der Waals surface area contributed by atoms with Crippen molar-refractivity contribution in [3.05, 3.63) is 83.4 Å². The van der Waals surface area contributed by atoms with Crippen molar-refractivity contribution < 1.29 is 4.79 Å². The van der Waals surface area contributed by atoms with Gasteiger partial charge in [0.05, 0.1) is 0 Å². The minimum Gasteiger partial charge on any atom is -0.329 e. The first-order valence-corrected chi connectivity index (χ1v) is 8.95. The summed E-state index contributed by atoms with van der Waals surface area (Å²) in [4.78, 5) is 22.6. The summed E-state index contributed by atoms with van der Waals surface area (Å²) in [5.74, 6) is 0.0169. The number of hydrogen-bond donors (Lipinski definition) is 0. The highest BCUT2D eigenvalue weighted by Crippen LogP contribution is 2.26.